The van der Waals surface area contributed by atoms with Gasteiger partial charge >= 0.3 is 5.69 Å². The predicted octanol–water partition coefficient (Wildman–Crippen LogP) is 2.27. The van der Waals surface area contributed by atoms with Crippen molar-refractivity contribution in [3.63, 3.8) is 0 Å². The van der Waals surface area contributed by atoms with Crippen LogP contribution in [0, 0.1) is 0 Å². The quantitative estimate of drug-likeness (QED) is 0.656. The third kappa shape index (κ3) is 4.14. The minimum absolute atomic E-state index is 0.256. The summed E-state index contributed by atoms with van der Waals surface area (Å²) in [5, 5.41) is 4.80. The number of hydrogen-bond donors (Lipinski definition) is 1. The second kappa shape index (κ2) is 8.59. The van der Waals surface area contributed by atoms with E-state index in [1.165, 1.54) is 49.2 Å². The van der Waals surface area contributed by atoms with Gasteiger partial charge < -0.3 is 14.8 Å². The van der Waals surface area contributed by atoms with Crippen molar-refractivity contribution in [1.29, 1.82) is 0 Å². The van der Waals surface area contributed by atoms with Crippen molar-refractivity contribution in [2.75, 3.05) is 23.3 Å². The van der Waals surface area contributed by atoms with Gasteiger partial charge in [-0.3, -0.25) is 19.1 Å². The van der Waals surface area contributed by atoms with E-state index >= 15 is 0 Å². The molecular weight excluding hydrogens is 394 g/mol. The Morgan fingerprint density at radius 3 is 2.61 bits per heavy atom. The van der Waals surface area contributed by atoms with E-state index in [-0.39, 0.29) is 11.5 Å². The zero-order valence-corrected chi connectivity index (χ0v) is 17.7. The van der Waals surface area contributed by atoms with Gasteiger partial charge in [0.1, 0.15) is 0 Å². The Morgan fingerprint density at radius 1 is 1.06 bits per heavy atom. The number of nitrogens with zero attached hydrogens (tertiary/aromatic N) is 4. The topological polar surface area (TPSA) is 89.2 Å². The first-order valence-electron chi connectivity index (χ1n) is 10.3. The molecule has 0 saturated carbocycles. The second-order valence-corrected chi connectivity index (χ2v) is 7.77. The van der Waals surface area contributed by atoms with E-state index in [1.54, 1.807) is 19.4 Å². The van der Waals surface area contributed by atoms with Crippen LogP contribution in [0.3, 0.4) is 0 Å². The van der Waals surface area contributed by atoms with Crippen molar-refractivity contribution in [3.05, 3.63) is 69.3 Å². The molecule has 3 aromatic rings. The van der Waals surface area contributed by atoms with Gasteiger partial charge in [-0.2, -0.15) is 0 Å². The first kappa shape index (κ1) is 20.6. The maximum atomic E-state index is 12.6. The van der Waals surface area contributed by atoms with Crippen LogP contribution in [0.4, 0.5) is 11.4 Å². The monoisotopic (exact) mass is 419 g/mol. The normalized spacial score (nSPS) is 14.3. The number of piperidine rings is 1. The molecule has 0 bridgehead atoms. The van der Waals surface area contributed by atoms with Gasteiger partial charge in [-0.15, -0.1) is 0 Å². The molecule has 1 amide bonds. The average Bonchev–Trinajstić information content (AvgIpc) is 2.80. The maximum absolute atomic E-state index is 12.6. The summed E-state index contributed by atoms with van der Waals surface area (Å²) in [6.07, 6.45) is 11.3. The predicted molar refractivity (Wildman–Crippen MR) is 122 cm³/mol. The van der Waals surface area contributed by atoms with Gasteiger partial charge in [-0.05, 0) is 43.5 Å². The zero-order chi connectivity index (χ0) is 22.0. The summed E-state index contributed by atoms with van der Waals surface area (Å²) in [6, 6.07) is 5.90. The molecule has 3 heterocycles. The van der Waals surface area contributed by atoms with Crippen LogP contribution >= 0.6 is 0 Å². The van der Waals surface area contributed by atoms with Gasteiger partial charge in [0.2, 0.25) is 5.91 Å². The molecule has 1 aliphatic heterocycles. The number of carbonyl (C=O) groups excluding carboxylic acids is 1. The second-order valence-electron chi connectivity index (χ2n) is 7.77. The Hall–Kier alpha value is -3.68. The number of rotatable bonds is 4. The Labute approximate surface area is 179 Å². The molecule has 4 rings (SSSR count). The summed E-state index contributed by atoms with van der Waals surface area (Å²) in [5.74, 6) is -0.369. The van der Waals surface area contributed by atoms with Crippen LogP contribution in [0.5, 0.6) is 0 Å². The number of nitrogens with one attached hydrogen (secondary N) is 1. The fourth-order valence-corrected chi connectivity index (χ4v) is 3.98. The summed E-state index contributed by atoms with van der Waals surface area (Å²) >= 11 is 0. The Bertz CT molecular complexity index is 1280. The van der Waals surface area contributed by atoms with Crippen molar-refractivity contribution in [1.82, 2.24) is 14.1 Å². The maximum Gasteiger partial charge on any atom is 0.330 e. The van der Waals surface area contributed by atoms with Crippen LogP contribution in [-0.4, -0.2) is 33.1 Å². The highest BCUT2D eigenvalue weighted by Crippen LogP contribution is 2.33. The zero-order valence-electron chi connectivity index (χ0n) is 17.7. The highest BCUT2D eigenvalue weighted by molar-refractivity contribution is 6.09. The number of fused-ring (bicyclic) bond motifs is 1. The van der Waals surface area contributed by atoms with Crippen molar-refractivity contribution in [2.24, 2.45) is 14.1 Å². The molecule has 0 atom stereocenters. The number of pyridine rings is 1. The molecule has 160 valence electrons. The van der Waals surface area contributed by atoms with Gasteiger partial charge in [0, 0.05) is 68.3 Å². The van der Waals surface area contributed by atoms with Crippen LogP contribution in [0.2, 0.25) is 0 Å². The van der Waals surface area contributed by atoms with Crippen LogP contribution < -0.4 is 21.5 Å². The van der Waals surface area contributed by atoms with Gasteiger partial charge in [-0.25, -0.2) is 4.79 Å². The van der Waals surface area contributed by atoms with Crippen molar-refractivity contribution in [2.45, 2.75) is 19.3 Å². The molecule has 0 aliphatic carbocycles. The largest absolute Gasteiger partial charge is 0.371 e. The van der Waals surface area contributed by atoms with Crippen molar-refractivity contribution in [3.8, 4) is 0 Å². The first-order valence-corrected chi connectivity index (χ1v) is 10.3. The number of carbonyl (C=O) groups is 1. The molecule has 1 fully saturated rings. The molecule has 0 radical (unpaired) electrons. The van der Waals surface area contributed by atoms with E-state index in [2.05, 4.69) is 15.2 Å². The minimum Gasteiger partial charge on any atom is -0.371 e. The van der Waals surface area contributed by atoms with E-state index < -0.39 is 11.2 Å². The van der Waals surface area contributed by atoms with Gasteiger partial charge in [0.25, 0.3) is 5.56 Å². The number of amides is 1. The smallest absolute Gasteiger partial charge is 0.330 e. The molecule has 0 spiro atoms. The standard InChI is InChI=1S/C23H25N5O3/c1-26-15-16(22(30)27(2)23(26)31)6-9-21(29)25-19-7-8-20(28-12-4-3-5-13-28)17-10-11-24-14-18(17)19/h6-11,14-15H,3-5,12-13H2,1-2H3,(H,25,29)/b9-6-. The van der Waals surface area contributed by atoms with E-state index in [4.69, 9.17) is 0 Å². The Balaban J connectivity index is 1.61. The highest BCUT2D eigenvalue weighted by atomic mass is 16.2. The molecular formula is C23H25N5O3. The van der Waals surface area contributed by atoms with Crippen LogP contribution in [0.15, 0.2) is 52.5 Å². The minimum atomic E-state index is -0.451. The lowest BCUT2D eigenvalue weighted by Gasteiger charge is -2.30. The number of anilines is 2. The summed E-state index contributed by atoms with van der Waals surface area (Å²) in [7, 11) is 2.97. The lowest BCUT2D eigenvalue weighted by Crippen LogP contribution is -2.37. The molecule has 1 aliphatic rings. The SMILES string of the molecule is Cn1cc(/C=C\C(=O)Nc2ccc(N3CCCCC3)c3ccncc23)c(=O)n(C)c1=O. The van der Waals surface area contributed by atoms with E-state index in [0.717, 1.165) is 34.1 Å². The fourth-order valence-electron chi connectivity index (χ4n) is 3.98. The highest BCUT2D eigenvalue weighted by Gasteiger charge is 2.15. The summed E-state index contributed by atoms with van der Waals surface area (Å²) in [5.41, 5.74) is 1.20. The molecule has 31 heavy (non-hydrogen) atoms. The van der Waals surface area contributed by atoms with E-state index in [0.29, 0.717) is 5.69 Å². The first-order chi connectivity index (χ1) is 15.0. The molecule has 2 aromatic heterocycles. The molecule has 8 nitrogen and oxygen atoms in total. The van der Waals surface area contributed by atoms with Crippen LogP contribution in [0.1, 0.15) is 24.8 Å². The van der Waals surface area contributed by atoms with Crippen molar-refractivity contribution < 1.29 is 4.79 Å². The third-order valence-corrected chi connectivity index (χ3v) is 5.64. The number of aryl methyl sites for hydroxylation is 1. The summed E-state index contributed by atoms with van der Waals surface area (Å²) in [6.45, 7) is 2.06. The lowest BCUT2D eigenvalue weighted by atomic mass is 10.1. The molecule has 0 unspecified atom stereocenters. The molecule has 1 saturated heterocycles. The van der Waals surface area contributed by atoms with Gasteiger partial charge in [-0.1, -0.05) is 0 Å². The third-order valence-electron chi connectivity index (χ3n) is 5.64. The number of benzene rings is 1. The van der Waals surface area contributed by atoms with E-state index in [1.807, 2.05) is 18.2 Å². The molecule has 1 N–H and O–H groups in total. The van der Waals surface area contributed by atoms with Crippen LogP contribution in [-0.2, 0) is 18.9 Å². The number of hydrogen-bond acceptors (Lipinski definition) is 5. The van der Waals surface area contributed by atoms with Gasteiger partial charge in [0.05, 0.1) is 11.3 Å². The Morgan fingerprint density at radius 2 is 1.84 bits per heavy atom. The number of aromatic nitrogens is 3. The summed E-state index contributed by atoms with van der Waals surface area (Å²) in [4.78, 5) is 43.2. The Kier molecular flexibility index (Phi) is 5.70. The molecule has 1 aromatic carbocycles. The molecule has 8 heteroatoms. The lowest BCUT2D eigenvalue weighted by molar-refractivity contribution is -0.111. The van der Waals surface area contributed by atoms with Gasteiger partial charge in [0.15, 0.2) is 0 Å². The average molecular weight is 419 g/mol. The summed E-state index contributed by atoms with van der Waals surface area (Å²) < 4.78 is 2.31. The van der Waals surface area contributed by atoms with E-state index in [9.17, 15) is 14.4 Å². The van der Waals surface area contributed by atoms with Crippen LogP contribution in [0.25, 0.3) is 16.8 Å². The van der Waals surface area contributed by atoms with Crippen molar-refractivity contribution >= 4 is 34.1 Å². The fraction of sp³-hybridized carbons (Fsp3) is 0.304.